The van der Waals surface area contributed by atoms with Crippen LogP contribution in [0.2, 0.25) is 0 Å². The number of hydrogen-bond acceptors (Lipinski definition) is 2. The number of halogens is 10. The lowest BCUT2D eigenvalue weighted by Crippen LogP contribution is -2.32. The zero-order chi connectivity index (χ0) is 14.3. The fourth-order valence-corrected chi connectivity index (χ4v) is 0.328. The van der Waals surface area contributed by atoms with E-state index in [1.807, 2.05) is 0 Å². The van der Waals surface area contributed by atoms with Crippen LogP contribution in [0.15, 0.2) is 0 Å². The summed E-state index contributed by atoms with van der Waals surface area (Å²) in [7, 11) is 0.817. The highest BCUT2D eigenvalue weighted by atomic mass is 19.4. The monoisotopic (exact) mass is 301 g/mol. The lowest BCUT2D eigenvalue weighted by molar-refractivity contribution is -0.271. The molecule has 1 atom stereocenters. The summed E-state index contributed by atoms with van der Waals surface area (Å²) < 4.78 is 102. The molecule has 1 unspecified atom stereocenters. The maximum absolute atomic E-state index is 11.4. The topological polar surface area (TPSA) is 18.5 Å². The van der Waals surface area contributed by atoms with Crippen molar-refractivity contribution in [3.8, 4) is 0 Å². The van der Waals surface area contributed by atoms with Gasteiger partial charge in [-0.3, -0.25) is 4.70 Å². The van der Waals surface area contributed by atoms with Crippen molar-refractivity contribution in [1.29, 1.82) is 0 Å². The molecule has 0 heterocycles. The van der Waals surface area contributed by atoms with Gasteiger partial charge in [-0.05, 0) is 0 Å². The molecule has 0 aromatic rings. The first-order valence-electron chi connectivity index (χ1n) is 3.54. The van der Waals surface area contributed by atoms with Crippen molar-refractivity contribution in [3.63, 3.8) is 0 Å². The second kappa shape index (κ2) is 9.19. The van der Waals surface area contributed by atoms with Gasteiger partial charge in [0.15, 0.2) is 6.10 Å². The highest BCUT2D eigenvalue weighted by Crippen LogP contribution is 2.29. The lowest BCUT2D eigenvalue weighted by atomic mass is 10.4. The zero-order valence-electron chi connectivity index (χ0n) is 8.41. The van der Waals surface area contributed by atoms with E-state index in [0.29, 0.717) is 0 Å². The second-order valence-electron chi connectivity index (χ2n) is 2.27. The molecule has 114 valence electrons. The summed E-state index contributed by atoms with van der Waals surface area (Å²) in [6.45, 7) is -1.53. The maximum atomic E-state index is 11.4. The summed E-state index contributed by atoms with van der Waals surface area (Å²) in [6.07, 6.45) is -15.3. The van der Waals surface area contributed by atoms with Crippen molar-refractivity contribution in [2.24, 2.45) is 0 Å². The van der Waals surface area contributed by atoms with Gasteiger partial charge >= 0.3 is 12.4 Å². The third-order valence-electron chi connectivity index (χ3n) is 1.08. The summed E-state index contributed by atoms with van der Waals surface area (Å²) in [4.78, 5) is 1.74. The Morgan fingerprint density at radius 3 is 1.50 bits per heavy atom. The van der Waals surface area contributed by atoms with Crippen LogP contribution in [0.4, 0.5) is 44.4 Å². The first kappa shape index (κ1) is 22.4. The van der Waals surface area contributed by atoms with E-state index in [0.717, 1.165) is 7.11 Å². The molecule has 0 saturated heterocycles. The van der Waals surface area contributed by atoms with Crippen molar-refractivity contribution < 1.29 is 54.0 Å². The number of methoxy groups -OCH3 is 1. The average Bonchev–Trinajstić information content (AvgIpc) is 2.15. The molecule has 0 N–H and O–H groups in total. The molecule has 0 aromatic carbocycles. The van der Waals surface area contributed by atoms with Gasteiger partial charge in [0, 0.05) is 7.11 Å². The Hall–Kier alpha value is -0.780. The molecule has 12 heteroatoms. The highest BCUT2D eigenvalue weighted by Gasteiger charge is 2.39. The summed E-state index contributed by atoms with van der Waals surface area (Å²) in [5.41, 5.74) is 0. The molecule has 0 aromatic heterocycles. The third kappa shape index (κ3) is 10.4. The Labute approximate surface area is 93.9 Å². The minimum absolute atomic E-state index is 0. The highest BCUT2D eigenvalue weighted by molar-refractivity contribution is 4.70. The van der Waals surface area contributed by atoms with Crippen LogP contribution in [-0.4, -0.2) is 32.2 Å². The van der Waals surface area contributed by atoms with E-state index in [4.69, 9.17) is 0 Å². The minimum atomic E-state index is -5.34. The second-order valence-corrected chi connectivity index (χ2v) is 2.27. The Bertz CT molecular complexity index is 186. The number of alkyl halides is 7. The molecule has 2 nitrogen and oxygen atoms in total. The predicted molar refractivity (Wildman–Crippen MR) is 37.9 cm³/mol. The fraction of sp³-hybridized carbons (Fsp3) is 0.833. The fourth-order valence-electron chi connectivity index (χ4n) is 0.328. The largest absolute Gasteiger partial charge is 0.417 e. The van der Waals surface area contributed by atoms with Gasteiger partial charge in [-0.2, -0.15) is 13.2 Å². The summed E-state index contributed by atoms with van der Waals surface area (Å²) in [6, 6.07) is 0. The van der Waals surface area contributed by atoms with Crippen molar-refractivity contribution in [2.75, 3.05) is 13.8 Å². The van der Waals surface area contributed by atoms with Crippen LogP contribution >= 0.6 is 0 Å². The van der Waals surface area contributed by atoms with Gasteiger partial charge in [0.05, 0.1) is 0 Å². The van der Waals surface area contributed by atoms with Crippen molar-refractivity contribution in [2.45, 2.75) is 18.5 Å². The Morgan fingerprint density at radius 1 is 1.11 bits per heavy atom. The minimum Gasteiger partial charge on any atom is -0.414 e. The van der Waals surface area contributed by atoms with Crippen molar-refractivity contribution in [3.05, 3.63) is 6.36 Å². The summed E-state index contributed by atoms with van der Waals surface area (Å²) >= 11 is 0. The Balaban J connectivity index is -0.000000238. The van der Waals surface area contributed by atoms with Crippen LogP contribution < -0.4 is 0 Å². The number of ether oxygens (including phenoxy) is 1. The van der Waals surface area contributed by atoms with E-state index >= 15 is 0 Å². The quantitative estimate of drug-likeness (QED) is 0.586. The van der Waals surface area contributed by atoms with Crippen LogP contribution in [0, 0.1) is 6.36 Å². The molecule has 0 aliphatic rings. The van der Waals surface area contributed by atoms with E-state index in [2.05, 4.69) is 4.74 Å². The number of hydrogen-bond donors (Lipinski definition) is 0. The first-order chi connectivity index (χ1) is 7.50. The van der Waals surface area contributed by atoms with Crippen molar-refractivity contribution >= 4 is 0 Å². The van der Waals surface area contributed by atoms with Gasteiger partial charge in [0.25, 0.3) is 0 Å². The number of rotatable bonds is 3. The van der Waals surface area contributed by atoms with Gasteiger partial charge in [0.2, 0.25) is 0 Å². The van der Waals surface area contributed by atoms with Crippen LogP contribution in [0.1, 0.15) is 0 Å². The SMILES string of the molecule is COC(CF)C(F)(F)F.F.FO[C-](F)C(F)(F)F. The van der Waals surface area contributed by atoms with E-state index in [9.17, 15) is 39.6 Å². The molecule has 18 heavy (non-hydrogen) atoms. The lowest BCUT2D eigenvalue weighted by Gasteiger charge is -2.18. The normalized spacial score (nSPS) is 13.5. The zero-order valence-corrected chi connectivity index (χ0v) is 8.41. The molecular weight excluding hydrogens is 294 g/mol. The molecular formula is C6H7F10O2-. The predicted octanol–water partition coefficient (Wildman–Crippen LogP) is 3.59. The average molecular weight is 301 g/mol. The van der Waals surface area contributed by atoms with Crippen LogP contribution in [0.5, 0.6) is 0 Å². The summed E-state index contributed by atoms with van der Waals surface area (Å²) in [5, 5.41) is 0. The molecule has 0 saturated carbocycles. The summed E-state index contributed by atoms with van der Waals surface area (Å²) in [5.74, 6) is 0. The molecule has 0 spiro atoms. The molecule has 0 bridgehead atoms. The van der Waals surface area contributed by atoms with E-state index in [-0.39, 0.29) is 4.70 Å². The van der Waals surface area contributed by atoms with Gasteiger partial charge in [-0.1, -0.05) is 4.53 Å². The molecule has 0 aliphatic carbocycles. The molecule has 0 amide bonds. The molecule has 0 aliphatic heterocycles. The Morgan fingerprint density at radius 2 is 1.50 bits per heavy atom. The maximum Gasteiger partial charge on any atom is 0.417 e. The third-order valence-corrected chi connectivity index (χ3v) is 1.08. The molecule has 0 radical (unpaired) electrons. The van der Waals surface area contributed by atoms with E-state index in [1.54, 1.807) is 4.94 Å². The van der Waals surface area contributed by atoms with Gasteiger partial charge in [-0.15, -0.1) is 0 Å². The molecule has 0 rings (SSSR count). The first-order valence-corrected chi connectivity index (χ1v) is 3.54. The van der Waals surface area contributed by atoms with Crippen molar-refractivity contribution in [1.82, 2.24) is 0 Å². The van der Waals surface area contributed by atoms with E-state index < -0.39 is 31.5 Å². The smallest absolute Gasteiger partial charge is 0.414 e. The molecule has 0 fully saturated rings. The van der Waals surface area contributed by atoms with Crippen LogP contribution in [-0.2, 0) is 9.68 Å². The standard InChI is InChI=1S/C4H6F4O.C2F5O.FH/c1-9-3(2-5)4(6,7)8;3-1(8-7)2(4,5)6;/h3H,2H2,1H3;;1H/q;-1;. The van der Waals surface area contributed by atoms with Crippen LogP contribution in [0.3, 0.4) is 0 Å². The van der Waals surface area contributed by atoms with Gasteiger partial charge in [-0.25, -0.2) is 17.6 Å². The van der Waals surface area contributed by atoms with E-state index in [1.165, 1.54) is 0 Å². The van der Waals surface area contributed by atoms with Crippen LogP contribution in [0.25, 0.3) is 0 Å². The van der Waals surface area contributed by atoms with Gasteiger partial charge < -0.3 is 14.1 Å². The van der Waals surface area contributed by atoms with Gasteiger partial charge in [0.1, 0.15) is 13.0 Å². The Kier molecular flexibility index (Phi) is 11.4.